The van der Waals surface area contributed by atoms with Crippen molar-refractivity contribution in [1.29, 1.82) is 0 Å². The van der Waals surface area contributed by atoms with Gasteiger partial charge < -0.3 is 9.73 Å². The van der Waals surface area contributed by atoms with Crippen molar-refractivity contribution in [2.75, 3.05) is 7.05 Å². The molecule has 1 unspecified atom stereocenters. The molecule has 0 fully saturated rings. The van der Waals surface area contributed by atoms with Crippen LogP contribution in [0.25, 0.3) is 0 Å². The first kappa shape index (κ1) is 13.2. The van der Waals surface area contributed by atoms with E-state index in [1.165, 1.54) is 15.4 Å². The molecule has 0 saturated carbocycles. The summed E-state index contributed by atoms with van der Waals surface area (Å²) in [6.07, 6.45) is 2.84. The maximum absolute atomic E-state index is 5.30. The fraction of sp³-hybridized carbons (Fsp3) is 0.333. The maximum Gasteiger partial charge on any atom is 0.114 e. The summed E-state index contributed by atoms with van der Waals surface area (Å²) in [5.41, 5.74) is 1.34. The summed E-state index contributed by atoms with van der Waals surface area (Å²) in [7, 11) is 2.01. The lowest BCUT2D eigenvalue weighted by molar-refractivity contribution is 0.527. The average Bonchev–Trinajstić information content (AvgIpc) is 2.79. The van der Waals surface area contributed by atoms with Gasteiger partial charge >= 0.3 is 0 Å². The number of hydrogen-bond donors (Lipinski definition) is 1. The number of benzene rings is 1. The topological polar surface area (TPSA) is 25.2 Å². The van der Waals surface area contributed by atoms with Crippen LogP contribution in [0.4, 0.5) is 0 Å². The summed E-state index contributed by atoms with van der Waals surface area (Å²) >= 11 is 1.74. The second-order valence-electron chi connectivity index (χ2n) is 4.26. The van der Waals surface area contributed by atoms with Gasteiger partial charge in [-0.15, -0.1) is 0 Å². The second-order valence-corrected chi connectivity index (χ2v) is 5.38. The van der Waals surface area contributed by atoms with Crippen molar-refractivity contribution in [2.24, 2.45) is 0 Å². The van der Waals surface area contributed by atoms with Gasteiger partial charge in [-0.2, -0.15) is 0 Å². The minimum Gasteiger partial charge on any atom is -0.468 e. The van der Waals surface area contributed by atoms with Crippen molar-refractivity contribution in [1.82, 2.24) is 5.32 Å². The predicted molar refractivity (Wildman–Crippen MR) is 76.1 cm³/mol. The monoisotopic (exact) mass is 261 g/mol. The van der Waals surface area contributed by atoms with E-state index in [9.17, 15) is 0 Å². The van der Waals surface area contributed by atoms with E-state index < -0.39 is 0 Å². The lowest BCUT2D eigenvalue weighted by atomic mass is 10.1. The molecule has 0 aliphatic heterocycles. The molecule has 18 heavy (non-hydrogen) atoms. The van der Waals surface area contributed by atoms with Crippen LogP contribution in [0.2, 0.25) is 0 Å². The van der Waals surface area contributed by atoms with Crippen molar-refractivity contribution < 1.29 is 4.42 Å². The van der Waals surface area contributed by atoms with E-state index in [2.05, 4.69) is 36.5 Å². The summed E-state index contributed by atoms with van der Waals surface area (Å²) in [5.74, 6) is 0.978. The van der Waals surface area contributed by atoms with Gasteiger partial charge in [-0.25, -0.2) is 0 Å². The molecule has 2 rings (SSSR count). The van der Waals surface area contributed by atoms with Gasteiger partial charge in [-0.3, -0.25) is 0 Å². The molecule has 0 aliphatic carbocycles. The van der Waals surface area contributed by atoms with E-state index in [1.807, 2.05) is 20.0 Å². The molecule has 1 N–H and O–H groups in total. The maximum atomic E-state index is 5.30. The zero-order valence-electron chi connectivity index (χ0n) is 11.1. The summed E-state index contributed by atoms with van der Waals surface area (Å²) in [5, 5.41) is 3.32. The Kier molecular flexibility index (Phi) is 4.50. The lowest BCUT2D eigenvalue weighted by Gasteiger charge is -2.14. The van der Waals surface area contributed by atoms with Gasteiger partial charge in [0.1, 0.15) is 5.76 Å². The van der Waals surface area contributed by atoms with Crippen molar-refractivity contribution in [3.63, 3.8) is 0 Å². The van der Waals surface area contributed by atoms with Crippen LogP contribution in [0.15, 0.2) is 50.8 Å². The van der Waals surface area contributed by atoms with Crippen LogP contribution >= 0.6 is 11.8 Å². The third-order valence-electron chi connectivity index (χ3n) is 3.08. The highest BCUT2D eigenvalue weighted by Crippen LogP contribution is 2.31. The van der Waals surface area contributed by atoms with Gasteiger partial charge in [0, 0.05) is 10.9 Å². The Morgan fingerprint density at radius 2 is 1.94 bits per heavy atom. The molecule has 1 aromatic heterocycles. The van der Waals surface area contributed by atoms with Crippen molar-refractivity contribution in [2.45, 2.75) is 36.1 Å². The third-order valence-corrected chi connectivity index (χ3v) is 4.23. The van der Waals surface area contributed by atoms with Crippen LogP contribution in [-0.2, 0) is 0 Å². The average molecular weight is 261 g/mol. The zero-order valence-corrected chi connectivity index (χ0v) is 11.9. The molecule has 0 aliphatic rings. The minimum absolute atomic E-state index is 0.444. The van der Waals surface area contributed by atoms with Gasteiger partial charge in [0.2, 0.25) is 0 Å². The molecule has 3 heteroatoms. The fourth-order valence-corrected chi connectivity index (χ4v) is 2.82. The smallest absolute Gasteiger partial charge is 0.114 e. The Morgan fingerprint density at radius 1 is 1.22 bits per heavy atom. The number of rotatable bonds is 5. The Balaban J connectivity index is 2.10. The van der Waals surface area contributed by atoms with Crippen LogP contribution in [0.3, 0.4) is 0 Å². The number of nitrogens with one attached hydrogen (secondary N) is 1. The van der Waals surface area contributed by atoms with Crippen LogP contribution in [0.5, 0.6) is 0 Å². The van der Waals surface area contributed by atoms with Crippen molar-refractivity contribution in [3.05, 3.63) is 47.9 Å². The molecular formula is C15H19NOS. The summed E-state index contributed by atoms with van der Waals surface area (Å²) in [6.45, 7) is 4.18. The largest absolute Gasteiger partial charge is 0.468 e. The lowest BCUT2D eigenvalue weighted by Crippen LogP contribution is -2.14. The molecule has 1 aromatic carbocycles. The third kappa shape index (κ3) is 2.98. The van der Waals surface area contributed by atoms with Crippen LogP contribution in [0, 0.1) is 6.92 Å². The van der Waals surface area contributed by atoms with Crippen molar-refractivity contribution in [3.8, 4) is 0 Å². The molecule has 2 aromatic rings. The first-order valence-corrected chi connectivity index (χ1v) is 7.05. The van der Waals surface area contributed by atoms with E-state index in [0.29, 0.717) is 6.04 Å². The molecule has 0 radical (unpaired) electrons. The second kappa shape index (κ2) is 6.12. The highest BCUT2D eigenvalue weighted by Gasteiger charge is 2.07. The van der Waals surface area contributed by atoms with Crippen LogP contribution in [0.1, 0.15) is 30.7 Å². The number of hydrogen-bond acceptors (Lipinski definition) is 3. The quantitative estimate of drug-likeness (QED) is 0.863. The normalized spacial score (nSPS) is 12.6. The fourth-order valence-electron chi connectivity index (χ4n) is 1.98. The highest BCUT2D eigenvalue weighted by molar-refractivity contribution is 7.99. The van der Waals surface area contributed by atoms with E-state index in [1.54, 1.807) is 18.0 Å². The Bertz CT molecular complexity index is 485. The molecule has 0 bridgehead atoms. The van der Waals surface area contributed by atoms with Crippen LogP contribution < -0.4 is 5.32 Å². The standard InChI is InChI=1S/C15H19NOS/c1-4-14(16-3)12-5-7-13(8-6-12)18-15-9-10-17-11(15)2/h5-10,14,16H,4H2,1-3H3. The Labute approximate surface area is 113 Å². The molecular weight excluding hydrogens is 242 g/mol. The molecule has 0 spiro atoms. The predicted octanol–water partition coefficient (Wildman–Crippen LogP) is 4.41. The van der Waals surface area contributed by atoms with Crippen molar-refractivity contribution >= 4 is 11.8 Å². The zero-order chi connectivity index (χ0) is 13.0. The van der Waals surface area contributed by atoms with E-state index in [-0.39, 0.29) is 0 Å². The summed E-state index contributed by atoms with van der Waals surface area (Å²) in [6, 6.07) is 11.2. The number of aryl methyl sites for hydroxylation is 1. The molecule has 96 valence electrons. The van der Waals surface area contributed by atoms with Gasteiger partial charge in [0.25, 0.3) is 0 Å². The summed E-state index contributed by atoms with van der Waals surface area (Å²) < 4.78 is 5.30. The van der Waals surface area contributed by atoms with E-state index in [0.717, 1.165) is 12.2 Å². The van der Waals surface area contributed by atoms with Gasteiger partial charge in [-0.1, -0.05) is 30.8 Å². The van der Waals surface area contributed by atoms with E-state index in [4.69, 9.17) is 4.42 Å². The number of furan rings is 1. The van der Waals surface area contributed by atoms with Gasteiger partial charge in [0.15, 0.2) is 0 Å². The van der Waals surface area contributed by atoms with Crippen LogP contribution in [-0.4, -0.2) is 7.05 Å². The molecule has 0 amide bonds. The van der Waals surface area contributed by atoms with Gasteiger partial charge in [-0.05, 0) is 44.2 Å². The first-order chi connectivity index (χ1) is 8.74. The molecule has 0 saturated heterocycles. The molecule has 1 heterocycles. The summed E-state index contributed by atoms with van der Waals surface area (Å²) in [4.78, 5) is 2.43. The molecule has 1 atom stereocenters. The first-order valence-electron chi connectivity index (χ1n) is 6.23. The Morgan fingerprint density at radius 3 is 2.44 bits per heavy atom. The minimum atomic E-state index is 0.444. The van der Waals surface area contributed by atoms with E-state index >= 15 is 0 Å². The molecule has 2 nitrogen and oxygen atoms in total. The van der Waals surface area contributed by atoms with Gasteiger partial charge in [0.05, 0.1) is 11.2 Å². The SMILES string of the molecule is CCC(NC)c1ccc(Sc2ccoc2C)cc1. The highest BCUT2D eigenvalue weighted by atomic mass is 32.2. The Hall–Kier alpha value is -1.19.